The number of nitrogens with one attached hydrogen (secondary N) is 2. The Kier molecular flexibility index (Phi) is 6.61. The van der Waals surface area contributed by atoms with Crippen molar-refractivity contribution in [3.63, 3.8) is 0 Å². The van der Waals surface area contributed by atoms with Gasteiger partial charge in [0.2, 0.25) is 0 Å². The van der Waals surface area contributed by atoms with Crippen molar-refractivity contribution in [2.45, 2.75) is 24.8 Å². The van der Waals surface area contributed by atoms with E-state index in [4.69, 9.17) is 4.98 Å². The Balaban J connectivity index is 1.31. The molecule has 8 heteroatoms. The smallest absolute Gasteiger partial charge is 0.269 e. The van der Waals surface area contributed by atoms with Crippen molar-refractivity contribution in [1.82, 2.24) is 19.2 Å². The minimum Gasteiger partial charge on any atom is -0.384 e. The van der Waals surface area contributed by atoms with Crippen LogP contribution in [0.15, 0.2) is 90.1 Å². The molecule has 1 saturated heterocycles. The summed E-state index contributed by atoms with van der Waals surface area (Å²) >= 11 is 0. The molecular weight excluding hydrogens is 530 g/mol. The molecule has 7 rings (SSSR count). The predicted molar refractivity (Wildman–Crippen MR) is 165 cm³/mol. The average Bonchev–Trinajstić information content (AvgIpc) is 3.63. The maximum absolute atomic E-state index is 13.9. The fourth-order valence-electron chi connectivity index (χ4n) is 5.88. The number of benzene rings is 3. The van der Waals surface area contributed by atoms with Gasteiger partial charge in [0.25, 0.3) is 10.0 Å². The Morgan fingerprint density at radius 2 is 1.61 bits per heavy atom. The molecule has 1 fully saturated rings. The molecule has 41 heavy (non-hydrogen) atoms. The third-order valence-electron chi connectivity index (χ3n) is 8.22. The van der Waals surface area contributed by atoms with Crippen molar-refractivity contribution >= 4 is 26.7 Å². The van der Waals surface area contributed by atoms with Gasteiger partial charge in [-0.15, -0.1) is 0 Å². The van der Waals surface area contributed by atoms with Gasteiger partial charge in [-0.25, -0.2) is 17.4 Å². The summed E-state index contributed by atoms with van der Waals surface area (Å²) < 4.78 is 29.0. The number of pyridine rings is 1. The molecule has 2 N–H and O–H groups in total. The fraction of sp³-hybridized carbons (Fsp3) is 0.242. The van der Waals surface area contributed by atoms with Crippen LogP contribution in [0.3, 0.4) is 0 Å². The largest absolute Gasteiger partial charge is 0.384 e. The maximum Gasteiger partial charge on any atom is 0.269 e. The summed E-state index contributed by atoms with van der Waals surface area (Å²) in [6.45, 7) is 8.00. The van der Waals surface area contributed by atoms with Gasteiger partial charge in [0.1, 0.15) is 0 Å². The SMILES string of the molecule is Cc1ccc(S(=O)(=O)n2cc(-c3ccc4c(c3)CCN4)c3cc(-c4ccc(CN5CCNCC5)cc4)cnc32)cc1. The van der Waals surface area contributed by atoms with Gasteiger partial charge in [-0.3, -0.25) is 4.90 Å². The van der Waals surface area contributed by atoms with Crippen LogP contribution in [-0.4, -0.2) is 55.0 Å². The van der Waals surface area contributed by atoms with Crippen LogP contribution in [0.5, 0.6) is 0 Å². The number of nitrogens with zero attached hydrogens (tertiary/aromatic N) is 3. The molecule has 5 aromatic rings. The van der Waals surface area contributed by atoms with Gasteiger partial charge in [-0.2, -0.15) is 0 Å². The molecule has 0 unspecified atom stereocenters. The molecule has 0 spiro atoms. The van der Waals surface area contributed by atoms with E-state index in [1.807, 2.05) is 19.1 Å². The zero-order valence-electron chi connectivity index (χ0n) is 23.1. The molecule has 0 saturated carbocycles. The Labute approximate surface area is 240 Å². The first-order valence-electron chi connectivity index (χ1n) is 14.2. The summed E-state index contributed by atoms with van der Waals surface area (Å²) in [6, 6.07) is 24.0. The quantitative estimate of drug-likeness (QED) is 0.292. The van der Waals surface area contributed by atoms with Crippen LogP contribution in [-0.2, 0) is 23.0 Å². The van der Waals surface area contributed by atoms with Crippen molar-refractivity contribution < 1.29 is 8.42 Å². The second kappa shape index (κ2) is 10.4. The van der Waals surface area contributed by atoms with Gasteiger partial charge >= 0.3 is 0 Å². The molecule has 0 aliphatic carbocycles. The Hall–Kier alpha value is -3.98. The van der Waals surface area contributed by atoms with E-state index in [9.17, 15) is 8.42 Å². The molecule has 3 aromatic carbocycles. The topological polar surface area (TPSA) is 79.3 Å². The average molecular weight is 564 g/mol. The summed E-state index contributed by atoms with van der Waals surface area (Å²) in [7, 11) is -3.85. The van der Waals surface area contributed by atoms with Gasteiger partial charge < -0.3 is 10.6 Å². The summed E-state index contributed by atoms with van der Waals surface area (Å²) in [6.07, 6.45) is 4.47. The number of anilines is 1. The molecule has 4 heterocycles. The number of aryl methyl sites for hydroxylation is 1. The number of hydrogen-bond donors (Lipinski definition) is 2. The summed E-state index contributed by atoms with van der Waals surface area (Å²) in [5.41, 5.74) is 8.97. The molecule has 2 aromatic heterocycles. The number of aromatic nitrogens is 2. The molecule has 0 radical (unpaired) electrons. The van der Waals surface area contributed by atoms with E-state index in [2.05, 4.69) is 64.1 Å². The molecular formula is C33H33N5O2S. The maximum atomic E-state index is 13.9. The number of fused-ring (bicyclic) bond motifs is 2. The van der Waals surface area contributed by atoms with E-state index < -0.39 is 10.0 Å². The van der Waals surface area contributed by atoms with Crippen molar-refractivity contribution in [2.24, 2.45) is 0 Å². The molecule has 0 atom stereocenters. The monoisotopic (exact) mass is 563 g/mol. The van der Waals surface area contributed by atoms with Crippen molar-refractivity contribution in [3.05, 3.63) is 102 Å². The van der Waals surface area contributed by atoms with Crippen LogP contribution in [0.2, 0.25) is 0 Å². The van der Waals surface area contributed by atoms with Crippen molar-refractivity contribution in [3.8, 4) is 22.3 Å². The number of rotatable bonds is 6. The molecule has 0 bridgehead atoms. The molecule has 208 valence electrons. The first kappa shape index (κ1) is 26.0. The van der Waals surface area contributed by atoms with E-state index in [1.165, 1.54) is 15.1 Å². The third-order valence-corrected chi connectivity index (χ3v) is 9.88. The van der Waals surface area contributed by atoms with Crippen LogP contribution in [0.1, 0.15) is 16.7 Å². The molecule has 0 amide bonds. The first-order valence-corrected chi connectivity index (χ1v) is 15.6. The fourth-order valence-corrected chi connectivity index (χ4v) is 7.20. The Morgan fingerprint density at radius 3 is 2.39 bits per heavy atom. The van der Waals surface area contributed by atoms with Crippen LogP contribution in [0.25, 0.3) is 33.3 Å². The number of hydrogen-bond acceptors (Lipinski definition) is 6. The lowest BCUT2D eigenvalue weighted by Crippen LogP contribution is -2.42. The minimum absolute atomic E-state index is 0.246. The van der Waals surface area contributed by atoms with Crippen LogP contribution >= 0.6 is 0 Å². The van der Waals surface area contributed by atoms with Gasteiger partial charge in [-0.05, 0) is 65.9 Å². The highest BCUT2D eigenvalue weighted by Crippen LogP contribution is 2.37. The third kappa shape index (κ3) is 4.92. The summed E-state index contributed by atoms with van der Waals surface area (Å²) in [5, 5.41) is 7.63. The zero-order chi connectivity index (χ0) is 28.0. The molecule has 2 aliphatic heterocycles. The standard InChI is InChI=1S/C33H33N5O2S/c1-23-2-9-29(10-3-23)41(39,40)38-22-31(26-8-11-32-27(18-26)12-13-35-32)30-19-28(20-36-33(30)38)25-6-4-24(5-7-25)21-37-16-14-34-15-17-37/h2-11,18-20,22,34-35H,12-17,21H2,1H3. The van der Waals surface area contributed by atoms with Crippen molar-refractivity contribution in [2.75, 3.05) is 38.0 Å². The van der Waals surface area contributed by atoms with Crippen LogP contribution in [0, 0.1) is 6.92 Å². The second-order valence-corrected chi connectivity index (χ2v) is 12.8. The van der Waals surface area contributed by atoms with E-state index >= 15 is 0 Å². The van der Waals surface area contributed by atoms with Crippen LogP contribution in [0.4, 0.5) is 5.69 Å². The Morgan fingerprint density at radius 1 is 0.854 bits per heavy atom. The van der Waals surface area contributed by atoms with Gasteiger partial charge in [0.05, 0.1) is 4.90 Å². The minimum atomic E-state index is -3.85. The first-order chi connectivity index (χ1) is 20.0. The lowest BCUT2D eigenvalue weighted by atomic mass is 9.99. The second-order valence-electron chi connectivity index (χ2n) is 11.0. The van der Waals surface area contributed by atoms with Crippen LogP contribution < -0.4 is 10.6 Å². The summed E-state index contributed by atoms with van der Waals surface area (Å²) in [5.74, 6) is 0. The highest BCUT2D eigenvalue weighted by molar-refractivity contribution is 7.90. The number of piperazine rings is 1. The van der Waals surface area contributed by atoms with Gasteiger partial charge in [-0.1, -0.05) is 48.0 Å². The highest BCUT2D eigenvalue weighted by atomic mass is 32.2. The van der Waals surface area contributed by atoms with Crippen molar-refractivity contribution in [1.29, 1.82) is 0 Å². The lowest BCUT2D eigenvalue weighted by Gasteiger charge is -2.27. The predicted octanol–water partition coefficient (Wildman–Crippen LogP) is 5.29. The van der Waals surface area contributed by atoms with E-state index in [1.54, 1.807) is 24.5 Å². The Bertz CT molecular complexity index is 1840. The molecule has 2 aliphatic rings. The van der Waals surface area contributed by atoms with E-state index in [0.29, 0.717) is 5.65 Å². The highest BCUT2D eigenvalue weighted by Gasteiger charge is 2.24. The zero-order valence-corrected chi connectivity index (χ0v) is 23.9. The normalized spacial score (nSPS) is 15.6. The lowest BCUT2D eigenvalue weighted by molar-refractivity contribution is 0.233. The van der Waals surface area contributed by atoms with Gasteiger partial charge in [0, 0.05) is 73.9 Å². The summed E-state index contributed by atoms with van der Waals surface area (Å²) in [4.78, 5) is 7.47. The van der Waals surface area contributed by atoms with E-state index in [0.717, 1.165) is 84.6 Å². The molecule has 7 nitrogen and oxygen atoms in total. The van der Waals surface area contributed by atoms with E-state index in [-0.39, 0.29) is 4.90 Å². The van der Waals surface area contributed by atoms with Gasteiger partial charge in [0.15, 0.2) is 5.65 Å².